The van der Waals surface area contributed by atoms with E-state index in [9.17, 15) is 4.79 Å². The SMILES string of the molecule is CCN(CC)Cc1cc(-c2nccn2-c2cnn(CCCC(N)=O)c2)ccc1OC.O=CO. The van der Waals surface area contributed by atoms with Crippen molar-refractivity contribution in [1.82, 2.24) is 24.2 Å². The zero-order valence-corrected chi connectivity index (χ0v) is 19.3. The van der Waals surface area contributed by atoms with Crippen LogP contribution in [0.4, 0.5) is 0 Å². The van der Waals surface area contributed by atoms with Crippen molar-refractivity contribution in [3.05, 3.63) is 48.5 Å². The van der Waals surface area contributed by atoms with Gasteiger partial charge >= 0.3 is 0 Å². The third-order valence-corrected chi connectivity index (χ3v) is 5.18. The third-order valence-electron chi connectivity index (χ3n) is 5.18. The van der Waals surface area contributed by atoms with E-state index in [-0.39, 0.29) is 12.4 Å². The van der Waals surface area contributed by atoms with Gasteiger partial charge in [0.1, 0.15) is 11.6 Å². The van der Waals surface area contributed by atoms with Gasteiger partial charge in [-0.2, -0.15) is 5.10 Å². The van der Waals surface area contributed by atoms with Crippen LogP contribution in [0.2, 0.25) is 0 Å². The molecule has 0 saturated heterocycles. The van der Waals surface area contributed by atoms with E-state index in [0.29, 0.717) is 19.4 Å². The fourth-order valence-electron chi connectivity index (χ4n) is 3.47. The first-order valence-corrected chi connectivity index (χ1v) is 10.8. The Hall–Kier alpha value is -3.66. The zero-order chi connectivity index (χ0) is 24.2. The molecule has 0 radical (unpaired) electrons. The predicted octanol–water partition coefficient (Wildman–Crippen LogP) is 2.55. The number of rotatable bonds is 11. The number of carbonyl (C=O) groups is 2. The fourth-order valence-corrected chi connectivity index (χ4v) is 3.47. The lowest BCUT2D eigenvalue weighted by molar-refractivity contribution is -0.123. The molecule has 1 amide bonds. The van der Waals surface area contributed by atoms with E-state index in [2.05, 4.69) is 34.9 Å². The Morgan fingerprint density at radius 2 is 2.03 bits per heavy atom. The largest absolute Gasteiger partial charge is 0.496 e. The van der Waals surface area contributed by atoms with Crippen LogP contribution in [0.3, 0.4) is 0 Å². The molecule has 1 aromatic carbocycles. The van der Waals surface area contributed by atoms with Gasteiger partial charge in [-0.1, -0.05) is 13.8 Å². The maximum absolute atomic E-state index is 10.9. The number of amides is 1. The van der Waals surface area contributed by atoms with Crippen molar-refractivity contribution in [3.8, 4) is 22.8 Å². The standard InChI is InChI=1S/C22H30N6O2.CH2O2/c1-4-26(5-2)15-18-13-17(8-9-20(18)30-3)22-24-10-12-28(22)19-14-25-27(16-19)11-6-7-21(23)29;2-1-3/h8-10,12-14,16H,4-7,11,15H2,1-3H3,(H2,23,29);1H,(H,2,3). The van der Waals surface area contributed by atoms with Crippen LogP contribution in [-0.4, -0.2) is 61.9 Å². The quantitative estimate of drug-likeness (QED) is 0.424. The van der Waals surface area contributed by atoms with E-state index in [4.69, 9.17) is 20.4 Å². The summed E-state index contributed by atoms with van der Waals surface area (Å²) in [4.78, 5) is 26.2. The molecule has 33 heavy (non-hydrogen) atoms. The molecule has 0 aliphatic carbocycles. The van der Waals surface area contributed by atoms with Crippen molar-refractivity contribution in [2.75, 3.05) is 20.2 Å². The van der Waals surface area contributed by atoms with Crippen molar-refractivity contribution < 1.29 is 19.4 Å². The second-order valence-corrected chi connectivity index (χ2v) is 7.25. The van der Waals surface area contributed by atoms with E-state index >= 15 is 0 Å². The first-order valence-electron chi connectivity index (χ1n) is 10.8. The third kappa shape index (κ3) is 7.18. The summed E-state index contributed by atoms with van der Waals surface area (Å²) < 4.78 is 9.42. The Morgan fingerprint density at radius 3 is 2.67 bits per heavy atom. The summed E-state index contributed by atoms with van der Waals surface area (Å²) in [6.07, 6.45) is 8.48. The van der Waals surface area contributed by atoms with Crippen LogP contribution in [0.15, 0.2) is 43.0 Å². The van der Waals surface area contributed by atoms with Crippen molar-refractivity contribution in [1.29, 1.82) is 0 Å². The molecule has 10 heteroatoms. The van der Waals surface area contributed by atoms with Gasteiger partial charge in [0.25, 0.3) is 6.47 Å². The van der Waals surface area contributed by atoms with E-state index < -0.39 is 0 Å². The highest BCUT2D eigenvalue weighted by Crippen LogP contribution is 2.28. The molecule has 10 nitrogen and oxygen atoms in total. The molecular formula is C23H32N6O4. The number of methoxy groups -OCH3 is 1. The van der Waals surface area contributed by atoms with Crippen LogP contribution in [0, 0.1) is 0 Å². The molecule has 3 N–H and O–H groups in total. The molecule has 0 aliphatic heterocycles. The molecular weight excluding hydrogens is 424 g/mol. The van der Waals surface area contributed by atoms with E-state index in [1.165, 1.54) is 0 Å². The summed E-state index contributed by atoms with van der Waals surface area (Å²) in [5, 5.41) is 11.3. The summed E-state index contributed by atoms with van der Waals surface area (Å²) >= 11 is 0. The highest BCUT2D eigenvalue weighted by atomic mass is 16.5. The normalized spacial score (nSPS) is 10.5. The van der Waals surface area contributed by atoms with Crippen molar-refractivity contribution >= 4 is 12.4 Å². The molecule has 0 bridgehead atoms. The average Bonchev–Trinajstić information content (AvgIpc) is 3.47. The molecule has 3 aromatic rings. The molecule has 0 atom stereocenters. The first-order chi connectivity index (χ1) is 16.0. The van der Waals surface area contributed by atoms with Gasteiger partial charge in [-0.15, -0.1) is 0 Å². The summed E-state index contributed by atoms with van der Waals surface area (Å²) in [7, 11) is 1.70. The van der Waals surface area contributed by atoms with Gasteiger partial charge in [-0.25, -0.2) is 4.98 Å². The van der Waals surface area contributed by atoms with Gasteiger partial charge in [-0.05, 0) is 37.7 Å². The lowest BCUT2D eigenvalue weighted by Crippen LogP contribution is -2.22. The van der Waals surface area contributed by atoms with Gasteiger partial charge < -0.3 is 15.6 Å². The number of hydrogen-bond donors (Lipinski definition) is 2. The van der Waals surface area contributed by atoms with Crippen molar-refractivity contribution in [2.24, 2.45) is 5.73 Å². The minimum absolute atomic E-state index is 0.250. The molecule has 0 fully saturated rings. The zero-order valence-electron chi connectivity index (χ0n) is 19.3. The molecule has 2 heterocycles. The summed E-state index contributed by atoms with van der Waals surface area (Å²) in [5.41, 5.74) is 8.28. The highest BCUT2D eigenvalue weighted by Gasteiger charge is 2.14. The predicted molar refractivity (Wildman–Crippen MR) is 125 cm³/mol. The second kappa shape index (κ2) is 13.0. The Bertz CT molecular complexity index is 1030. The van der Waals surface area contributed by atoms with Gasteiger partial charge in [0.15, 0.2) is 0 Å². The molecule has 2 aromatic heterocycles. The highest BCUT2D eigenvalue weighted by molar-refractivity contribution is 5.73. The van der Waals surface area contributed by atoms with Gasteiger partial charge in [0.2, 0.25) is 5.91 Å². The van der Waals surface area contributed by atoms with E-state index in [1.807, 2.05) is 33.8 Å². The summed E-state index contributed by atoms with van der Waals surface area (Å²) in [6.45, 7) is 7.49. The van der Waals surface area contributed by atoms with Gasteiger partial charge in [-0.3, -0.25) is 23.7 Å². The monoisotopic (exact) mass is 456 g/mol. The Kier molecular flexibility index (Phi) is 10.1. The number of ether oxygens (including phenoxy) is 1. The topological polar surface area (TPSA) is 128 Å². The van der Waals surface area contributed by atoms with Crippen molar-refractivity contribution in [2.45, 2.75) is 39.8 Å². The number of nitrogens with zero attached hydrogens (tertiary/aromatic N) is 5. The van der Waals surface area contributed by atoms with Crippen LogP contribution >= 0.6 is 0 Å². The van der Waals surface area contributed by atoms with Crippen LogP contribution in [0.1, 0.15) is 32.3 Å². The van der Waals surface area contributed by atoms with Gasteiger partial charge in [0.05, 0.1) is 19.0 Å². The van der Waals surface area contributed by atoms with E-state index in [0.717, 1.165) is 48.0 Å². The van der Waals surface area contributed by atoms with Crippen LogP contribution in [0.5, 0.6) is 5.75 Å². The minimum Gasteiger partial charge on any atom is -0.496 e. The Morgan fingerprint density at radius 1 is 1.30 bits per heavy atom. The van der Waals surface area contributed by atoms with Crippen molar-refractivity contribution in [3.63, 3.8) is 0 Å². The number of primary amides is 1. The summed E-state index contributed by atoms with van der Waals surface area (Å²) in [6, 6.07) is 6.17. The summed E-state index contributed by atoms with van der Waals surface area (Å²) in [5.74, 6) is 1.43. The van der Waals surface area contributed by atoms with Crippen LogP contribution in [-0.2, 0) is 22.7 Å². The fraction of sp³-hybridized carbons (Fsp3) is 0.391. The number of nitrogens with two attached hydrogens (primary N) is 1. The molecule has 3 rings (SSSR count). The molecule has 0 aliphatic rings. The maximum Gasteiger partial charge on any atom is 0.290 e. The van der Waals surface area contributed by atoms with Crippen LogP contribution < -0.4 is 10.5 Å². The first kappa shape index (κ1) is 25.6. The average molecular weight is 457 g/mol. The molecule has 0 saturated carbocycles. The number of aryl methyl sites for hydroxylation is 1. The number of hydrogen-bond acceptors (Lipinski definition) is 6. The molecule has 178 valence electrons. The number of carbonyl (C=O) groups excluding carboxylic acids is 1. The smallest absolute Gasteiger partial charge is 0.290 e. The second-order valence-electron chi connectivity index (χ2n) is 7.25. The van der Waals surface area contributed by atoms with E-state index in [1.54, 1.807) is 19.5 Å². The van der Waals surface area contributed by atoms with Crippen LogP contribution in [0.25, 0.3) is 17.1 Å². The minimum atomic E-state index is -0.292. The number of imidazole rings is 1. The number of benzene rings is 1. The maximum atomic E-state index is 10.9. The Balaban J connectivity index is 0.00000122. The Labute approximate surface area is 193 Å². The number of carboxylic acid groups (broad SMARTS) is 1. The van der Waals surface area contributed by atoms with Gasteiger partial charge in [0, 0.05) is 49.2 Å². The molecule has 0 unspecified atom stereocenters. The molecule has 0 spiro atoms. The number of aromatic nitrogens is 4. The lowest BCUT2D eigenvalue weighted by Gasteiger charge is -2.20. The lowest BCUT2D eigenvalue weighted by atomic mass is 10.1.